The van der Waals surface area contributed by atoms with Gasteiger partial charge in [-0.2, -0.15) is 0 Å². The zero-order valence-electron chi connectivity index (χ0n) is 18.0. The lowest BCUT2D eigenvalue weighted by molar-refractivity contribution is -0.116. The summed E-state index contributed by atoms with van der Waals surface area (Å²) in [6.45, 7) is 7.84. The van der Waals surface area contributed by atoms with Gasteiger partial charge in [-0.1, -0.05) is 0 Å². The van der Waals surface area contributed by atoms with Crippen LogP contribution in [0.5, 0.6) is 0 Å². The number of hydrogen-bond acceptors (Lipinski definition) is 4. The third-order valence-corrected chi connectivity index (χ3v) is 7.16. The van der Waals surface area contributed by atoms with E-state index in [1.807, 2.05) is 16.7 Å². The van der Waals surface area contributed by atoms with Gasteiger partial charge in [0, 0.05) is 43.7 Å². The number of anilines is 1. The highest BCUT2D eigenvalue weighted by molar-refractivity contribution is 5.94. The van der Waals surface area contributed by atoms with Gasteiger partial charge in [0.15, 0.2) is 0 Å². The molecule has 2 fully saturated rings. The van der Waals surface area contributed by atoms with E-state index in [-0.39, 0.29) is 23.2 Å². The largest absolute Gasteiger partial charge is 0.450 e. The van der Waals surface area contributed by atoms with Crippen LogP contribution in [0.2, 0.25) is 0 Å². The maximum Gasteiger partial charge on any atom is 0.409 e. The minimum Gasteiger partial charge on any atom is -0.450 e. The first-order chi connectivity index (χ1) is 14.4. The fourth-order valence-electron chi connectivity index (χ4n) is 5.51. The second kappa shape index (κ2) is 8.53. The molecule has 164 valence electrons. The molecule has 1 unspecified atom stereocenters. The van der Waals surface area contributed by atoms with Gasteiger partial charge in [0.05, 0.1) is 6.61 Å². The summed E-state index contributed by atoms with van der Waals surface area (Å²) >= 11 is 0. The fraction of sp³-hybridized carbons (Fsp3) is 0.652. The molecule has 1 atom stereocenters. The Bertz CT molecular complexity index is 807. The number of carbonyl (C=O) groups excluding carboxylic acids is 2. The second-order valence-electron chi connectivity index (χ2n) is 8.85. The molecular formula is C23H32FN3O3. The average molecular weight is 418 g/mol. The average Bonchev–Trinajstić information content (AvgIpc) is 2.88. The van der Waals surface area contributed by atoms with Gasteiger partial charge in [0.1, 0.15) is 5.82 Å². The molecule has 3 aliphatic heterocycles. The molecule has 4 rings (SSSR count). The van der Waals surface area contributed by atoms with Gasteiger partial charge in [-0.05, 0) is 75.9 Å². The van der Waals surface area contributed by atoms with Crippen molar-refractivity contribution in [2.24, 2.45) is 0 Å². The molecule has 2 saturated heterocycles. The number of halogens is 1. The molecule has 30 heavy (non-hydrogen) atoms. The molecule has 1 spiro atoms. The van der Waals surface area contributed by atoms with Crippen LogP contribution in [0.1, 0.15) is 51.5 Å². The van der Waals surface area contributed by atoms with Crippen LogP contribution < -0.4 is 4.90 Å². The highest BCUT2D eigenvalue weighted by Gasteiger charge is 2.46. The molecule has 2 amide bonds. The van der Waals surface area contributed by atoms with E-state index < -0.39 is 0 Å². The number of likely N-dealkylation sites (tertiary alicyclic amines) is 2. The fourth-order valence-corrected chi connectivity index (χ4v) is 5.51. The van der Waals surface area contributed by atoms with Crippen molar-refractivity contribution in [1.82, 2.24) is 9.80 Å². The van der Waals surface area contributed by atoms with Crippen molar-refractivity contribution in [2.45, 2.75) is 57.4 Å². The molecule has 1 aromatic carbocycles. The zero-order valence-corrected chi connectivity index (χ0v) is 18.0. The molecule has 0 aromatic heterocycles. The molecule has 6 nitrogen and oxygen atoms in total. The predicted molar refractivity (Wildman–Crippen MR) is 113 cm³/mol. The van der Waals surface area contributed by atoms with Crippen LogP contribution >= 0.6 is 0 Å². The number of piperidine rings is 1. The number of fused-ring (bicyclic) bond motifs is 2. The quantitative estimate of drug-likeness (QED) is 0.739. The van der Waals surface area contributed by atoms with Gasteiger partial charge in [0.25, 0.3) is 0 Å². The van der Waals surface area contributed by atoms with E-state index in [4.69, 9.17) is 4.74 Å². The monoisotopic (exact) mass is 417 g/mol. The highest BCUT2D eigenvalue weighted by Crippen LogP contribution is 2.47. The van der Waals surface area contributed by atoms with E-state index in [0.717, 1.165) is 69.5 Å². The number of hydrogen-bond donors (Lipinski definition) is 0. The summed E-state index contributed by atoms with van der Waals surface area (Å²) < 4.78 is 19.2. The van der Waals surface area contributed by atoms with Gasteiger partial charge in [-0.15, -0.1) is 0 Å². The molecule has 3 heterocycles. The number of benzene rings is 1. The third-order valence-electron chi connectivity index (χ3n) is 7.16. The minimum absolute atomic E-state index is 0.0185. The molecule has 0 aliphatic carbocycles. The van der Waals surface area contributed by atoms with E-state index in [0.29, 0.717) is 19.2 Å². The lowest BCUT2D eigenvalue weighted by Gasteiger charge is -2.43. The summed E-state index contributed by atoms with van der Waals surface area (Å²) in [6.07, 6.45) is 4.66. The highest BCUT2D eigenvalue weighted by atomic mass is 19.1. The number of amides is 2. The minimum atomic E-state index is -0.233. The van der Waals surface area contributed by atoms with E-state index in [9.17, 15) is 14.0 Å². The Hall–Kier alpha value is -2.15. The maximum atomic E-state index is 14.0. The SMILES string of the molecule is CCOC(=O)N1CCCC(N2CCC3(CC2)CN(C(C)=O)c2ccc(F)cc23)CC1. The Balaban J connectivity index is 1.42. The first kappa shape index (κ1) is 21.1. The molecule has 0 saturated carbocycles. The lowest BCUT2D eigenvalue weighted by Crippen LogP contribution is -2.49. The first-order valence-corrected chi connectivity index (χ1v) is 11.2. The lowest BCUT2D eigenvalue weighted by atomic mass is 9.74. The van der Waals surface area contributed by atoms with E-state index in [2.05, 4.69) is 4.90 Å². The standard InChI is InChI=1S/C23H32FN3O3/c1-3-30-22(29)26-11-4-5-19(8-12-26)25-13-9-23(10-14-25)16-27(17(2)28)21-7-6-18(24)15-20(21)23/h6-7,15,19H,3-5,8-14,16H2,1-2H3. The van der Waals surface area contributed by atoms with Crippen molar-refractivity contribution in [3.8, 4) is 0 Å². The van der Waals surface area contributed by atoms with Gasteiger partial charge in [-0.3, -0.25) is 4.79 Å². The third kappa shape index (κ3) is 3.92. The van der Waals surface area contributed by atoms with Gasteiger partial charge in [0.2, 0.25) is 5.91 Å². The van der Waals surface area contributed by atoms with Crippen molar-refractivity contribution >= 4 is 17.7 Å². The van der Waals surface area contributed by atoms with Crippen molar-refractivity contribution in [3.63, 3.8) is 0 Å². The number of nitrogens with zero attached hydrogens (tertiary/aromatic N) is 3. The Kier molecular flexibility index (Phi) is 6.00. The molecule has 1 aromatic rings. The molecular weight excluding hydrogens is 385 g/mol. The van der Waals surface area contributed by atoms with Crippen molar-refractivity contribution in [1.29, 1.82) is 0 Å². The normalized spacial score (nSPS) is 23.9. The van der Waals surface area contributed by atoms with Crippen LogP contribution in [0.4, 0.5) is 14.9 Å². The van der Waals surface area contributed by atoms with Crippen LogP contribution in [-0.2, 0) is 14.9 Å². The molecule has 0 N–H and O–H groups in total. The number of carbonyl (C=O) groups is 2. The van der Waals surface area contributed by atoms with E-state index in [1.54, 1.807) is 19.1 Å². The zero-order chi connectivity index (χ0) is 21.3. The Morgan fingerprint density at radius 2 is 1.93 bits per heavy atom. The number of rotatable bonds is 2. The van der Waals surface area contributed by atoms with E-state index >= 15 is 0 Å². The van der Waals surface area contributed by atoms with Gasteiger partial charge >= 0.3 is 6.09 Å². The molecule has 0 bridgehead atoms. The maximum absolute atomic E-state index is 14.0. The molecule has 7 heteroatoms. The summed E-state index contributed by atoms with van der Waals surface area (Å²) in [5.41, 5.74) is 1.71. The van der Waals surface area contributed by atoms with Crippen LogP contribution in [0.3, 0.4) is 0 Å². The molecule has 3 aliphatic rings. The van der Waals surface area contributed by atoms with Gasteiger partial charge < -0.3 is 19.4 Å². The van der Waals surface area contributed by atoms with E-state index in [1.165, 1.54) is 6.07 Å². The van der Waals surface area contributed by atoms with Crippen molar-refractivity contribution in [3.05, 3.63) is 29.6 Å². The van der Waals surface area contributed by atoms with Crippen LogP contribution in [0, 0.1) is 5.82 Å². The predicted octanol–water partition coefficient (Wildman–Crippen LogP) is 3.54. The summed E-state index contributed by atoms with van der Waals surface area (Å²) in [4.78, 5) is 30.4. The van der Waals surface area contributed by atoms with Gasteiger partial charge in [-0.25, -0.2) is 9.18 Å². The Morgan fingerprint density at radius 1 is 1.17 bits per heavy atom. The van der Waals surface area contributed by atoms with Crippen LogP contribution in [-0.4, -0.2) is 67.2 Å². The van der Waals surface area contributed by atoms with Crippen LogP contribution in [0.15, 0.2) is 18.2 Å². The number of ether oxygens (including phenoxy) is 1. The van der Waals surface area contributed by atoms with Crippen molar-refractivity contribution in [2.75, 3.05) is 44.2 Å². The topological polar surface area (TPSA) is 53.1 Å². The summed E-state index contributed by atoms with van der Waals surface area (Å²) in [6, 6.07) is 5.29. The summed E-state index contributed by atoms with van der Waals surface area (Å²) in [5.74, 6) is -0.214. The Labute approximate surface area is 177 Å². The summed E-state index contributed by atoms with van der Waals surface area (Å²) in [5, 5.41) is 0. The smallest absolute Gasteiger partial charge is 0.409 e. The van der Waals surface area contributed by atoms with Crippen LogP contribution in [0.25, 0.3) is 0 Å². The first-order valence-electron chi connectivity index (χ1n) is 11.2. The van der Waals surface area contributed by atoms with Crippen molar-refractivity contribution < 1.29 is 18.7 Å². The molecule has 0 radical (unpaired) electrons. The summed E-state index contributed by atoms with van der Waals surface area (Å²) in [7, 11) is 0. The Morgan fingerprint density at radius 3 is 2.63 bits per heavy atom. The second-order valence-corrected chi connectivity index (χ2v) is 8.85.